The third kappa shape index (κ3) is 3.76. The van der Waals surface area contributed by atoms with E-state index >= 15 is 0 Å². The zero-order valence-electron chi connectivity index (χ0n) is 17.1. The highest BCUT2D eigenvalue weighted by atomic mass is 32.2. The lowest BCUT2D eigenvalue weighted by molar-refractivity contribution is 0.600. The van der Waals surface area contributed by atoms with Crippen molar-refractivity contribution in [1.29, 1.82) is 0 Å². The van der Waals surface area contributed by atoms with Crippen LogP contribution in [-0.2, 0) is 16.4 Å². The van der Waals surface area contributed by atoms with Crippen LogP contribution in [0.5, 0.6) is 0 Å². The van der Waals surface area contributed by atoms with E-state index in [-0.39, 0.29) is 0 Å². The largest absolute Gasteiger partial charge is 0.280 e. The summed E-state index contributed by atoms with van der Waals surface area (Å²) in [6, 6.07) is 21.9. The number of aromatic nitrogens is 4. The van der Waals surface area contributed by atoms with Gasteiger partial charge < -0.3 is 0 Å². The Balaban J connectivity index is 1.44. The molecule has 2 aromatic carbocycles. The van der Waals surface area contributed by atoms with Crippen LogP contribution in [0.4, 0.5) is 5.69 Å². The second-order valence-electron chi connectivity index (χ2n) is 7.13. The maximum Gasteiger partial charge on any atom is 0.262 e. The van der Waals surface area contributed by atoms with E-state index in [2.05, 4.69) is 14.9 Å². The first kappa shape index (κ1) is 20.3. The van der Waals surface area contributed by atoms with Gasteiger partial charge in [0.05, 0.1) is 15.5 Å². The van der Waals surface area contributed by atoms with Crippen molar-refractivity contribution in [3.8, 4) is 22.0 Å². The average molecular weight is 462 g/mol. The van der Waals surface area contributed by atoms with Gasteiger partial charge in [0.15, 0.2) is 11.5 Å². The van der Waals surface area contributed by atoms with E-state index < -0.39 is 10.0 Å². The minimum absolute atomic E-state index is 0.299. The van der Waals surface area contributed by atoms with Crippen LogP contribution in [0.25, 0.3) is 27.6 Å². The third-order valence-corrected chi connectivity index (χ3v) is 7.43. The minimum Gasteiger partial charge on any atom is -0.280 e. The summed E-state index contributed by atoms with van der Waals surface area (Å²) in [5.74, 6) is 0.691. The van der Waals surface area contributed by atoms with Gasteiger partial charge in [-0.15, -0.1) is 21.5 Å². The number of rotatable bonds is 6. The van der Waals surface area contributed by atoms with Crippen LogP contribution in [0, 0.1) is 0 Å². The standard InChI is InChI=1S/C23H19N5O2S2/c1-2-16-6-3-4-8-21(16)32(29,30)27-18-11-9-17(10-12-18)19-13-14-22-24-25-23(28(22)26-19)20-7-5-15-31-20/h3-15,27H,2H2,1H3. The van der Waals surface area contributed by atoms with E-state index in [4.69, 9.17) is 5.10 Å². The fraction of sp³-hybridized carbons (Fsp3) is 0.0870. The van der Waals surface area contributed by atoms with Crippen molar-refractivity contribution in [3.05, 3.63) is 83.7 Å². The average Bonchev–Trinajstić information content (AvgIpc) is 3.48. The molecule has 9 heteroatoms. The molecule has 160 valence electrons. The maximum absolute atomic E-state index is 12.9. The van der Waals surface area contributed by atoms with Crippen LogP contribution in [0.15, 0.2) is 83.1 Å². The van der Waals surface area contributed by atoms with Crippen LogP contribution in [0.1, 0.15) is 12.5 Å². The number of hydrogen-bond donors (Lipinski definition) is 1. The van der Waals surface area contributed by atoms with Gasteiger partial charge in [0.25, 0.3) is 10.0 Å². The van der Waals surface area contributed by atoms with Gasteiger partial charge in [-0.2, -0.15) is 9.61 Å². The number of benzene rings is 2. The molecule has 0 aliphatic heterocycles. The third-order valence-electron chi connectivity index (χ3n) is 5.08. The van der Waals surface area contributed by atoms with E-state index in [1.807, 2.05) is 60.8 Å². The first-order chi connectivity index (χ1) is 15.5. The van der Waals surface area contributed by atoms with Crippen LogP contribution < -0.4 is 4.72 Å². The van der Waals surface area contributed by atoms with E-state index in [9.17, 15) is 8.42 Å². The smallest absolute Gasteiger partial charge is 0.262 e. The molecular formula is C23H19N5O2S2. The number of aryl methyl sites for hydroxylation is 1. The highest BCUT2D eigenvalue weighted by Crippen LogP contribution is 2.26. The van der Waals surface area contributed by atoms with Gasteiger partial charge in [0.1, 0.15) is 0 Å². The first-order valence-electron chi connectivity index (χ1n) is 10.0. The summed E-state index contributed by atoms with van der Waals surface area (Å²) in [5.41, 5.74) is 3.53. The van der Waals surface area contributed by atoms with E-state index in [0.717, 1.165) is 21.7 Å². The first-order valence-corrected chi connectivity index (χ1v) is 12.4. The summed E-state index contributed by atoms with van der Waals surface area (Å²) >= 11 is 1.58. The zero-order valence-corrected chi connectivity index (χ0v) is 18.8. The number of nitrogens with zero attached hydrogens (tertiary/aromatic N) is 4. The second kappa shape index (κ2) is 8.18. The monoisotopic (exact) mass is 461 g/mol. The van der Waals surface area contributed by atoms with Crippen molar-refractivity contribution >= 4 is 32.7 Å². The molecule has 3 aromatic heterocycles. The molecule has 0 spiro atoms. The van der Waals surface area contributed by atoms with Crippen LogP contribution in [0.2, 0.25) is 0 Å². The van der Waals surface area contributed by atoms with Gasteiger partial charge in [-0.1, -0.05) is 43.3 Å². The molecule has 7 nitrogen and oxygen atoms in total. The quantitative estimate of drug-likeness (QED) is 0.389. The summed E-state index contributed by atoms with van der Waals surface area (Å²) < 4.78 is 30.1. The van der Waals surface area contributed by atoms with Gasteiger partial charge in [-0.05, 0) is 53.8 Å². The zero-order chi connectivity index (χ0) is 22.1. The molecule has 0 atom stereocenters. The molecule has 0 saturated heterocycles. The van der Waals surface area contributed by atoms with Gasteiger partial charge >= 0.3 is 0 Å². The number of sulfonamides is 1. The Labute approximate surface area is 189 Å². The molecule has 5 rings (SSSR count). The topological polar surface area (TPSA) is 89.2 Å². The van der Waals surface area contributed by atoms with Gasteiger partial charge in [0.2, 0.25) is 0 Å². The molecule has 0 radical (unpaired) electrons. The molecule has 3 heterocycles. The number of anilines is 1. The van der Waals surface area contributed by atoms with Crippen LogP contribution in [-0.4, -0.2) is 28.2 Å². The Kier molecular flexibility index (Phi) is 5.20. The molecule has 0 saturated carbocycles. The van der Waals surface area contributed by atoms with E-state index in [0.29, 0.717) is 28.5 Å². The van der Waals surface area contributed by atoms with Gasteiger partial charge in [-0.25, -0.2) is 8.42 Å². The molecule has 0 unspecified atom stereocenters. The predicted octanol–water partition coefficient (Wildman–Crippen LogP) is 4.88. The maximum atomic E-state index is 12.9. The number of fused-ring (bicyclic) bond motifs is 1. The van der Waals surface area contributed by atoms with Crippen molar-refractivity contribution in [2.24, 2.45) is 0 Å². The Morgan fingerprint density at radius 1 is 0.938 bits per heavy atom. The molecule has 0 aliphatic rings. The molecule has 1 N–H and O–H groups in total. The molecular weight excluding hydrogens is 442 g/mol. The summed E-state index contributed by atoms with van der Waals surface area (Å²) in [5, 5.41) is 15.1. The number of hydrogen-bond acceptors (Lipinski definition) is 6. The van der Waals surface area contributed by atoms with Crippen molar-refractivity contribution in [3.63, 3.8) is 0 Å². The fourth-order valence-electron chi connectivity index (χ4n) is 3.48. The van der Waals surface area contributed by atoms with Crippen molar-refractivity contribution in [2.75, 3.05) is 4.72 Å². The van der Waals surface area contributed by atoms with Gasteiger partial charge in [0, 0.05) is 11.3 Å². The SMILES string of the molecule is CCc1ccccc1S(=O)(=O)Nc1ccc(-c2ccc3nnc(-c4cccs4)n3n2)cc1. The summed E-state index contributed by atoms with van der Waals surface area (Å²) in [4.78, 5) is 1.28. The number of nitrogens with one attached hydrogen (secondary N) is 1. The van der Waals surface area contributed by atoms with Crippen molar-refractivity contribution in [1.82, 2.24) is 19.8 Å². The molecule has 5 aromatic rings. The van der Waals surface area contributed by atoms with E-state index in [1.54, 1.807) is 40.1 Å². The molecule has 0 bridgehead atoms. The van der Waals surface area contributed by atoms with E-state index in [1.165, 1.54) is 0 Å². The Bertz CT molecular complexity index is 1490. The highest BCUT2D eigenvalue weighted by Gasteiger charge is 2.17. The molecule has 32 heavy (non-hydrogen) atoms. The highest BCUT2D eigenvalue weighted by molar-refractivity contribution is 7.92. The second-order valence-corrected chi connectivity index (χ2v) is 9.73. The Hall–Kier alpha value is -3.56. The minimum atomic E-state index is -3.67. The Morgan fingerprint density at radius 2 is 1.75 bits per heavy atom. The van der Waals surface area contributed by atoms with Crippen LogP contribution in [0.3, 0.4) is 0 Å². The Morgan fingerprint density at radius 3 is 2.50 bits per heavy atom. The van der Waals surface area contributed by atoms with Gasteiger partial charge in [-0.3, -0.25) is 4.72 Å². The lowest BCUT2D eigenvalue weighted by atomic mass is 10.1. The van der Waals surface area contributed by atoms with Crippen molar-refractivity contribution in [2.45, 2.75) is 18.2 Å². The normalized spacial score (nSPS) is 11.7. The fourth-order valence-corrected chi connectivity index (χ4v) is 5.54. The summed E-state index contributed by atoms with van der Waals surface area (Å²) in [6.45, 7) is 1.94. The lowest BCUT2D eigenvalue weighted by Gasteiger charge is -2.12. The van der Waals surface area contributed by atoms with Crippen molar-refractivity contribution < 1.29 is 8.42 Å². The molecule has 0 fully saturated rings. The van der Waals surface area contributed by atoms with Crippen LogP contribution >= 0.6 is 11.3 Å². The lowest BCUT2D eigenvalue weighted by Crippen LogP contribution is -2.14. The number of thiophene rings is 1. The predicted molar refractivity (Wildman–Crippen MR) is 126 cm³/mol. The summed E-state index contributed by atoms with van der Waals surface area (Å²) in [6.07, 6.45) is 0.640. The molecule has 0 aliphatic carbocycles. The molecule has 0 amide bonds. The summed E-state index contributed by atoms with van der Waals surface area (Å²) in [7, 11) is -3.67.